The molecule has 2 aromatic heterocycles. The van der Waals surface area contributed by atoms with E-state index in [2.05, 4.69) is 37.4 Å². The largest absolute Gasteiger partial charge is 0.385 e. The molecule has 0 aromatic carbocycles. The van der Waals surface area contributed by atoms with E-state index in [4.69, 9.17) is 10.5 Å². The van der Waals surface area contributed by atoms with Crippen LogP contribution in [0, 0.1) is 17.8 Å². The van der Waals surface area contributed by atoms with Crippen molar-refractivity contribution in [2.24, 2.45) is 5.73 Å². The first-order valence-electron chi connectivity index (χ1n) is 8.40. The standard InChI is InChI=1S/C18H23FN6O/c1-26-11-5-9-22-17-14(6-3-2-4-8-20)13-23-18(25-17)24-15-7-10-21-16(19)12-15/h7,10,12-13H,2,4-5,8-9,11,20H2,1H3,(H2,21,22,23,24,25). The summed E-state index contributed by atoms with van der Waals surface area (Å²) in [5.74, 6) is 6.53. The lowest BCUT2D eigenvalue weighted by atomic mass is 10.2. The van der Waals surface area contributed by atoms with Crippen molar-refractivity contribution >= 4 is 17.5 Å². The average Bonchev–Trinajstić information content (AvgIpc) is 2.64. The predicted molar refractivity (Wildman–Crippen MR) is 99.7 cm³/mol. The summed E-state index contributed by atoms with van der Waals surface area (Å²) in [5.41, 5.74) is 6.70. The van der Waals surface area contributed by atoms with Gasteiger partial charge in [0.05, 0.1) is 11.8 Å². The highest BCUT2D eigenvalue weighted by Crippen LogP contribution is 2.17. The molecule has 4 N–H and O–H groups in total. The van der Waals surface area contributed by atoms with E-state index in [1.54, 1.807) is 19.4 Å². The Kier molecular flexibility index (Phi) is 8.26. The molecule has 0 fully saturated rings. The molecule has 0 aliphatic rings. The molecular weight excluding hydrogens is 335 g/mol. The van der Waals surface area contributed by atoms with Gasteiger partial charge in [0.1, 0.15) is 5.82 Å². The first-order chi connectivity index (χ1) is 12.7. The van der Waals surface area contributed by atoms with E-state index in [1.807, 2.05) is 0 Å². The summed E-state index contributed by atoms with van der Waals surface area (Å²) in [4.78, 5) is 12.2. The summed E-state index contributed by atoms with van der Waals surface area (Å²) in [6.07, 6.45) is 5.41. The Morgan fingerprint density at radius 1 is 1.31 bits per heavy atom. The maximum atomic E-state index is 13.2. The minimum absolute atomic E-state index is 0.345. The number of nitrogens with zero attached hydrogens (tertiary/aromatic N) is 3. The summed E-state index contributed by atoms with van der Waals surface area (Å²) in [7, 11) is 1.66. The number of hydrogen-bond donors (Lipinski definition) is 3. The van der Waals surface area contributed by atoms with Gasteiger partial charge in [-0.25, -0.2) is 9.97 Å². The number of pyridine rings is 1. The molecule has 0 saturated carbocycles. The van der Waals surface area contributed by atoms with Gasteiger partial charge in [0.15, 0.2) is 0 Å². The van der Waals surface area contributed by atoms with Crippen molar-refractivity contribution < 1.29 is 9.13 Å². The van der Waals surface area contributed by atoms with Gasteiger partial charge in [0.25, 0.3) is 0 Å². The zero-order chi connectivity index (χ0) is 18.6. The number of ether oxygens (including phenoxy) is 1. The third-order valence-corrected chi connectivity index (χ3v) is 3.32. The monoisotopic (exact) mass is 358 g/mol. The molecule has 0 atom stereocenters. The minimum Gasteiger partial charge on any atom is -0.385 e. The molecule has 0 radical (unpaired) electrons. The van der Waals surface area contributed by atoms with Gasteiger partial charge in [-0.1, -0.05) is 11.8 Å². The number of unbranched alkanes of at least 4 members (excludes halogenated alkanes) is 1. The zero-order valence-electron chi connectivity index (χ0n) is 14.8. The summed E-state index contributed by atoms with van der Waals surface area (Å²) < 4.78 is 18.3. The normalized spacial score (nSPS) is 10.1. The van der Waals surface area contributed by atoms with Gasteiger partial charge in [-0.2, -0.15) is 9.37 Å². The molecule has 0 aliphatic carbocycles. The molecule has 2 heterocycles. The van der Waals surface area contributed by atoms with Crippen LogP contribution in [-0.4, -0.2) is 41.8 Å². The predicted octanol–water partition coefficient (Wildman–Crippen LogP) is 2.29. The first-order valence-corrected chi connectivity index (χ1v) is 8.40. The van der Waals surface area contributed by atoms with Crippen molar-refractivity contribution in [1.29, 1.82) is 0 Å². The number of aromatic nitrogens is 3. The Hall–Kier alpha value is -2.76. The Balaban J connectivity index is 2.15. The van der Waals surface area contributed by atoms with Crippen molar-refractivity contribution in [2.75, 3.05) is 37.4 Å². The van der Waals surface area contributed by atoms with E-state index in [0.717, 1.165) is 19.3 Å². The van der Waals surface area contributed by atoms with Crippen LogP contribution in [0.15, 0.2) is 24.5 Å². The van der Waals surface area contributed by atoms with E-state index in [-0.39, 0.29) is 0 Å². The molecule has 0 unspecified atom stereocenters. The number of nitrogens with one attached hydrogen (secondary N) is 2. The van der Waals surface area contributed by atoms with Crippen LogP contribution < -0.4 is 16.4 Å². The van der Waals surface area contributed by atoms with Gasteiger partial charge in [-0.15, -0.1) is 0 Å². The van der Waals surface area contributed by atoms with E-state index < -0.39 is 5.95 Å². The molecular formula is C18H23FN6O. The van der Waals surface area contributed by atoms with Crippen molar-refractivity contribution in [3.63, 3.8) is 0 Å². The lowest BCUT2D eigenvalue weighted by molar-refractivity contribution is 0.198. The highest BCUT2D eigenvalue weighted by Gasteiger charge is 2.06. The van der Waals surface area contributed by atoms with E-state index in [9.17, 15) is 4.39 Å². The van der Waals surface area contributed by atoms with Crippen LogP contribution in [0.5, 0.6) is 0 Å². The number of methoxy groups -OCH3 is 1. The van der Waals surface area contributed by atoms with E-state index in [0.29, 0.717) is 42.7 Å². The van der Waals surface area contributed by atoms with Gasteiger partial charge in [-0.05, 0) is 25.5 Å². The molecule has 2 rings (SSSR count). The molecule has 8 heteroatoms. The van der Waals surface area contributed by atoms with Crippen LogP contribution in [0.25, 0.3) is 0 Å². The van der Waals surface area contributed by atoms with Crippen LogP contribution in [0.2, 0.25) is 0 Å². The van der Waals surface area contributed by atoms with Crippen LogP contribution in [0.4, 0.5) is 21.8 Å². The summed E-state index contributed by atoms with van der Waals surface area (Å²) >= 11 is 0. The molecule has 26 heavy (non-hydrogen) atoms. The highest BCUT2D eigenvalue weighted by molar-refractivity contribution is 5.59. The smallest absolute Gasteiger partial charge is 0.229 e. The Morgan fingerprint density at radius 2 is 2.19 bits per heavy atom. The number of rotatable bonds is 9. The zero-order valence-corrected chi connectivity index (χ0v) is 14.8. The first kappa shape index (κ1) is 19.6. The fraction of sp³-hybridized carbons (Fsp3) is 0.389. The molecule has 2 aromatic rings. The summed E-state index contributed by atoms with van der Waals surface area (Å²) in [6, 6.07) is 2.91. The maximum Gasteiger partial charge on any atom is 0.229 e. The van der Waals surface area contributed by atoms with Crippen LogP contribution >= 0.6 is 0 Å². The van der Waals surface area contributed by atoms with Crippen molar-refractivity contribution in [3.05, 3.63) is 36.0 Å². The second-order valence-corrected chi connectivity index (χ2v) is 5.42. The highest BCUT2D eigenvalue weighted by atomic mass is 19.1. The minimum atomic E-state index is -0.574. The molecule has 0 aliphatic heterocycles. The molecule has 0 amide bonds. The number of anilines is 3. The lowest BCUT2D eigenvalue weighted by Gasteiger charge is -2.10. The third-order valence-electron chi connectivity index (χ3n) is 3.32. The fourth-order valence-corrected chi connectivity index (χ4v) is 2.05. The number of hydrogen-bond acceptors (Lipinski definition) is 7. The van der Waals surface area contributed by atoms with Crippen LogP contribution in [0.3, 0.4) is 0 Å². The molecule has 0 bridgehead atoms. The molecule has 0 spiro atoms. The second kappa shape index (κ2) is 11.0. The van der Waals surface area contributed by atoms with Gasteiger partial charge >= 0.3 is 0 Å². The van der Waals surface area contributed by atoms with Gasteiger partial charge in [-0.3, -0.25) is 0 Å². The van der Waals surface area contributed by atoms with Gasteiger partial charge in [0.2, 0.25) is 11.9 Å². The third kappa shape index (κ3) is 6.63. The Labute approximate surface area is 152 Å². The van der Waals surface area contributed by atoms with E-state index >= 15 is 0 Å². The SMILES string of the molecule is COCCCNc1nc(Nc2ccnc(F)c2)ncc1C#CCCCN. The van der Waals surface area contributed by atoms with Crippen LogP contribution in [0.1, 0.15) is 24.8 Å². The number of nitrogens with two attached hydrogens (primary N) is 1. The topological polar surface area (TPSA) is 98.0 Å². The summed E-state index contributed by atoms with van der Waals surface area (Å²) in [5, 5.41) is 6.20. The Morgan fingerprint density at radius 3 is 2.96 bits per heavy atom. The van der Waals surface area contributed by atoms with E-state index in [1.165, 1.54) is 12.3 Å². The van der Waals surface area contributed by atoms with Crippen molar-refractivity contribution in [2.45, 2.75) is 19.3 Å². The second-order valence-electron chi connectivity index (χ2n) is 5.42. The lowest BCUT2D eigenvalue weighted by Crippen LogP contribution is -2.09. The van der Waals surface area contributed by atoms with Crippen molar-refractivity contribution in [1.82, 2.24) is 15.0 Å². The van der Waals surface area contributed by atoms with Gasteiger partial charge < -0.3 is 21.1 Å². The Bertz CT molecular complexity index is 759. The maximum absolute atomic E-state index is 13.2. The molecule has 0 saturated heterocycles. The molecule has 138 valence electrons. The van der Waals surface area contributed by atoms with Gasteiger partial charge in [0, 0.05) is 44.6 Å². The quantitative estimate of drug-likeness (QED) is 0.359. The average molecular weight is 358 g/mol. The van der Waals surface area contributed by atoms with Crippen LogP contribution in [-0.2, 0) is 4.74 Å². The number of halogens is 1. The fourth-order valence-electron chi connectivity index (χ4n) is 2.05. The molecule has 7 nitrogen and oxygen atoms in total. The van der Waals surface area contributed by atoms with Crippen molar-refractivity contribution in [3.8, 4) is 11.8 Å². The summed E-state index contributed by atoms with van der Waals surface area (Å²) in [6.45, 7) is 1.95.